The van der Waals surface area contributed by atoms with E-state index in [4.69, 9.17) is 0 Å². The van der Waals surface area contributed by atoms with E-state index in [1.807, 2.05) is 6.07 Å². The van der Waals surface area contributed by atoms with Gasteiger partial charge in [0.15, 0.2) is 0 Å². The highest BCUT2D eigenvalue weighted by atomic mass is 15.2. The van der Waals surface area contributed by atoms with Gasteiger partial charge in [0.1, 0.15) is 11.0 Å². The quantitative estimate of drug-likeness (QED) is 0.553. The van der Waals surface area contributed by atoms with Crippen LogP contribution in [0.15, 0.2) is 66.7 Å². The van der Waals surface area contributed by atoms with Crippen molar-refractivity contribution in [2.24, 2.45) is 7.05 Å². The van der Waals surface area contributed by atoms with Crippen LogP contribution in [0.25, 0.3) is 21.8 Å². The molecule has 0 bridgehead atoms. The molecule has 0 amide bonds. The van der Waals surface area contributed by atoms with Crippen LogP contribution in [0.1, 0.15) is 5.56 Å². The molecule has 0 atom stereocenters. The van der Waals surface area contributed by atoms with Crippen molar-refractivity contribution in [2.45, 2.75) is 6.54 Å². The number of aromatic amines is 1. The Hall–Kier alpha value is -2.81. The zero-order valence-electron chi connectivity index (χ0n) is 12.5. The number of aryl methyl sites for hydroxylation is 1. The molecule has 0 saturated heterocycles. The third-order valence-corrected chi connectivity index (χ3v) is 4.18. The average Bonchev–Trinajstić information content (AvgIpc) is 2.89. The molecule has 0 radical (unpaired) electrons. The first kappa shape index (κ1) is 12.9. The van der Waals surface area contributed by atoms with Crippen LogP contribution in [0, 0.1) is 0 Å². The van der Waals surface area contributed by atoms with Gasteiger partial charge in [0, 0.05) is 0 Å². The molecule has 0 fully saturated rings. The number of para-hydroxylation sites is 2. The monoisotopic (exact) mass is 288 g/mol. The molecule has 1 aromatic heterocycles. The van der Waals surface area contributed by atoms with E-state index in [1.165, 1.54) is 21.9 Å². The van der Waals surface area contributed by atoms with E-state index in [0.29, 0.717) is 0 Å². The number of rotatable bonds is 3. The number of H-pyrrole nitrogens is 1. The Labute approximate surface area is 129 Å². The van der Waals surface area contributed by atoms with Gasteiger partial charge in [-0.2, -0.15) is 0 Å². The van der Waals surface area contributed by atoms with Crippen molar-refractivity contribution in [1.29, 1.82) is 0 Å². The van der Waals surface area contributed by atoms with Crippen LogP contribution in [-0.2, 0) is 13.6 Å². The zero-order valence-corrected chi connectivity index (χ0v) is 12.5. The molecule has 0 aliphatic rings. The lowest BCUT2D eigenvalue weighted by Gasteiger charge is -2.05. The molecule has 0 aliphatic heterocycles. The van der Waals surface area contributed by atoms with Gasteiger partial charge in [0.2, 0.25) is 0 Å². The zero-order chi connectivity index (χ0) is 14.9. The summed E-state index contributed by atoms with van der Waals surface area (Å²) >= 11 is 0. The SMILES string of the molecule is C[n+]1c(NCc2cccc3ccccc23)[nH]c2ccccc21. The predicted molar refractivity (Wildman–Crippen MR) is 90.7 cm³/mol. The van der Waals surface area contributed by atoms with E-state index in [-0.39, 0.29) is 0 Å². The maximum absolute atomic E-state index is 3.52. The molecule has 0 saturated carbocycles. The van der Waals surface area contributed by atoms with Crippen molar-refractivity contribution in [3.05, 3.63) is 72.3 Å². The summed E-state index contributed by atoms with van der Waals surface area (Å²) in [5, 5.41) is 6.10. The van der Waals surface area contributed by atoms with Gasteiger partial charge in [0.25, 0.3) is 0 Å². The number of nitrogens with zero attached hydrogens (tertiary/aromatic N) is 1. The summed E-state index contributed by atoms with van der Waals surface area (Å²) in [7, 11) is 2.07. The van der Waals surface area contributed by atoms with E-state index >= 15 is 0 Å². The van der Waals surface area contributed by atoms with E-state index < -0.39 is 0 Å². The Kier molecular flexibility index (Phi) is 3.04. The molecule has 0 unspecified atom stereocenters. The summed E-state index contributed by atoms with van der Waals surface area (Å²) in [6.07, 6.45) is 0. The molecule has 4 rings (SSSR count). The average molecular weight is 288 g/mol. The van der Waals surface area contributed by atoms with Gasteiger partial charge >= 0.3 is 5.95 Å². The number of fused-ring (bicyclic) bond motifs is 2. The second-order valence-electron chi connectivity index (χ2n) is 5.54. The number of anilines is 1. The molecule has 22 heavy (non-hydrogen) atoms. The number of nitrogens with one attached hydrogen (secondary N) is 2. The minimum atomic E-state index is 0.794. The molecular formula is C19H18N3+. The predicted octanol–water partition coefficient (Wildman–Crippen LogP) is 3.76. The van der Waals surface area contributed by atoms with Crippen molar-refractivity contribution >= 4 is 27.8 Å². The number of imidazole rings is 1. The lowest BCUT2D eigenvalue weighted by Crippen LogP contribution is -2.30. The van der Waals surface area contributed by atoms with Gasteiger partial charge in [-0.25, -0.2) is 9.55 Å². The second kappa shape index (κ2) is 5.19. The van der Waals surface area contributed by atoms with Gasteiger partial charge in [-0.3, -0.25) is 5.32 Å². The Balaban J connectivity index is 1.67. The molecule has 1 heterocycles. The van der Waals surface area contributed by atoms with Gasteiger partial charge in [-0.1, -0.05) is 54.6 Å². The summed E-state index contributed by atoms with van der Waals surface area (Å²) in [5.41, 5.74) is 3.64. The summed E-state index contributed by atoms with van der Waals surface area (Å²) < 4.78 is 2.15. The smallest absolute Gasteiger partial charge is 0.273 e. The molecule has 108 valence electrons. The first-order valence-electron chi connectivity index (χ1n) is 7.50. The van der Waals surface area contributed by atoms with E-state index in [2.05, 4.69) is 82.6 Å². The van der Waals surface area contributed by atoms with E-state index in [9.17, 15) is 0 Å². The lowest BCUT2D eigenvalue weighted by molar-refractivity contribution is -0.630. The summed E-state index contributed by atoms with van der Waals surface area (Å²) in [4.78, 5) is 3.43. The molecule has 3 heteroatoms. The fraction of sp³-hybridized carbons (Fsp3) is 0.105. The maximum Gasteiger partial charge on any atom is 0.356 e. The van der Waals surface area contributed by atoms with Crippen LogP contribution >= 0.6 is 0 Å². The second-order valence-corrected chi connectivity index (χ2v) is 5.54. The largest absolute Gasteiger partial charge is 0.356 e. The Morgan fingerprint density at radius 2 is 1.68 bits per heavy atom. The minimum absolute atomic E-state index is 0.794. The van der Waals surface area contributed by atoms with Crippen molar-refractivity contribution in [3.8, 4) is 0 Å². The molecular weight excluding hydrogens is 270 g/mol. The summed E-state index contributed by atoms with van der Waals surface area (Å²) in [6, 6.07) is 23.3. The van der Waals surface area contributed by atoms with Crippen molar-refractivity contribution in [2.75, 3.05) is 5.32 Å². The maximum atomic E-state index is 3.52. The molecule has 3 nitrogen and oxygen atoms in total. The molecule has 3 aromatic carbocycles. The normalized spacial score (nSPS) is 11.1. The molecule has 2 N–H and O–H groups in total. The van der Waals surface area contributed by atoms with Crippen LogP contribution in [0.5, 0.6) is 0 Å². The van der Waals surface area contributed by atoms with Gasteiger partial charge < -0.3 is 0 Å². The Morgan fingerprint density at radius 1 is 0.909 bits per heavy atom. The first-order chi connectivity index (χ1) is 10.8. The first-order valence-corrected chi connectivity index (χ1v) is 7.50. The van der Waals surface area contributed by atoms with Crippen LogP contribution in [0.2, 0.25) is 0 Å². The fourth-order valence-corrected chi connectivity index (χ4v) is 2.99. The summed E-state index contributed by atoms with van der Waals surface area (Å²) in [5.74, 6) is 1.02. The lowest BCUT2D eigenvalue weighted by atomic mass is 10.0. The highest BCUT2D eigenvalue weighted by Crippen LogP contribution is 2.19. The third kappa shape index (κ3) is 2.11. The van der Waals surface area contributed by atoms with Crippen LogP contribution in [-0.4, -0.2) is 4.98 Å². The number of benzene rings is 3. The van der Waals surface area contributed by atoms with Crippen LogP contribution in [0.3, 0.4) is 0 Å². The van der Waals surface area contributed by atoms with Crippen molar-refractivity contribution in [3.63, 3.8) is 0 Å². The van der Waals surface area contributed by atoms with Gasteiger partial charge in [-0.15, -0.1) is 0 Å². The van der Waals surface area contributed by atoms with Crippen molar-refractivity contribution in [1.82, 2.24) is 4.98 Å². The molecule has 0 aliphatic carbocycles. The van der Waals surface area contributed by atoms with Crippen LogP contribution in [0.4, 0.5) is 5.95 Å². The number of hydrogen-bond acceptors (Lipinski definition) is 1. The van der Waals surface area contributed by atoms with Crippen molar-refractivity contribution < 1.29 is 4.57 Å². The highest BCUT2D eigenvalue weighted by Gasteiger charge is 2.13. The number of hydrogen-bond donors (Lipinski definition) is 2. The molecule has 0 spiro atoms. The minimum Gasteiger partial charge on any atom is -0.273 e. The summed E-state index contributed by atoms with van der Waals surface area (Å²) in [6.45, 7) is 0.794. The van der Waals surface area contributed by atoms with E-state index in [0.717, 1.165) is 18.0 Å². The Morgan fingerprint density at radius 3 is 2.59 bits per heavy atom. The Bertz CT molecular complexity index is 948. The topological polar surface area (TPSA) is 31.7 Å². The standard InChI is InChI=1S/C19H17N3/c1-22-18-12-5-4-11-17(18)21-19(22)20-13-15-9-6-8-14-7-2-3-10-16(14)15/h2-12H,13H2,1H3,(H,20,21)/p+1. The van der Waals surface area contributed by atoms with E-state index in [1.54, 1.807) is 0 Å². The van der Waals surface area contributed by atoms with Gasteiger partial charge in [-0.05, 0) is 28.5 Å². The van der Waals surface area contributed by atoms with Crippen LogP contribution < -0.4 is 9.88 Å². The third-order valence-electron chi connectivity index (χ3n) is 4.18. The van der Waals surface area contributed by atoms with Gasteiger partial charge in [0.05, 0.1) is 13.6 Å². The fourth-order valence-electron chi connectivity index (χ4n) is 2.99. The number of aromatic nitrogens is 2. The molecule has 4 aromatic rings. The highest BCUT2D eigenvalue weighted by molar-refractivity contribution is 5.85.